The van der Waals surface area contributed by atoms with Crippen LogP contribution in [-0.4, -0.2) is 61.5 Å². The highest BCUT2D eigenvalue weighted by atomic mass is 19.2. The highest BCUT2D eigenvalue weighted by Crippen LogP contribution is 2.20. The second kappa shape index (κ2) is 10.1. The average Bonchev–Trinajstić information content (AvgIpc) is 3.32. The summed E-state index contributed by atoms with van der Waals surface area (Å²) < 4.78 is 34.9. The van der Waals surface area contributed by atoms with Gasteiger partial charge in [0.05, 0.1) is 6.54 Å². The van der Waals surface area contributed by atoms with Crippen molar-refractivity contribution in [1.82, 2.24) is 29.2 Å². The van der Waals surface area contributed by atoms with Gasteiger partial charge in [-0.15, -0.1) is 10.2 Å². The van der Waals surface area contributed by atoms with Gasteiger partial charge in [0, 0.05) is 31.7 Å². The lowest BCUT2D eigenvalue weighted by Crippen LogP contribution is -2.39. The molecule has 1 aliphatic rings. The summed E-state index contributed by atoms with van der Waals surface area (Å²) in [4.78, 5) is 32.2. The summed E-state index contributed by atoms with van der Waals surface area (Å²) in [6, 6.07) is 10.6. The highest BCUT2D eigenvalue weighted by Gasteiger charge is 2.19. The van der Waals surface area contributed by atoms with Gasteiger partial charge in [-0.2, -0.15) is 0 Å². The normalized spacial score (nSPS) is 15.9. The number of nitrogens with zero attached hydrogens (tertiary/aromatic N) is 6. The summed E-state index contributed by atoms with van der Waals surface area (Å²) >= 11 is 0. The number of hydrogen-bond donors (Lipinski definition) is 1. The topological polar surface area (TPSA) is 121 Å². The zero-order chi connectivity index (χ0) is 26.1. The van der Waals surface area contributed by atoms with Crippen LogP contribution in [0, 0.1) is 11.6 Å². The first kappa shape index (κ1) is 24.7. The van der Waals surface area contributed by atoms with Crippen LogP contribution in [0.1, 0.15) is 12.0 Å². The predicted molar refractivity (Wildman–Crippen MR) is 132 cm³/mol. The van der Waals surface area contributed by atoms with Gasteiger partial charge in [0.15, 0.2) is 28.6 Å². The molecule has 10 nitrogen and oxygen atoms in total. The predicted octanol–water partition coefficient (Wildman–Crippen LogP) is 1.29. The fourth-order valence-corrected chi connectivity index (χ4v) is 4.31. The molecule has 4 aromatic rings. The van der Waals surface area contributed by atoms with E-state index in [0.717, 1.165) is 47.3 Å². The molecule has 12 heteroatoms. The van der Waals surface area contributed by atoms with Crippen LogP contribution < -0.4 is 21.7 Å². The number of aromatic nitrogens is 5. The number of benzene rings is 2. The van der Waals surface area contributed by atoms with Gasteiger partial charge in [0.1, 0.15) is 12.4 Å². The molecule has 0 saturated carbocycles. The van der Waals surface area contributed by atoms with E-state index >= 15 is 0 Å². The smallest absolute Gasteiger partial charge is 0.332 e. The van der Waals surface area contributed by atoms with Crippen molar-refractivity contribution in [2.24, 2.45) is 12.8 Å². The van der Waals surface area contributed by atoms with Crippen LogP contribution in [0.25, 0.3) is 22.6 Å². The van der Waals surface area contributed by atoms with Crippen molar-refractivity contribution in [3.8, 4) is 17.1 Å². The van der Waals surface area contributed by atoms with Crippen molar-refractivity contribution in [3.05, 3.63) is 80.5 Å². The first-order chi connectivity index (χ1) is 17.8. The minimum absolute atomic E-state index is 0.0526. The summed E-state index contributed by atoms with van der Waals surface area (Å²) in [6.45, 7) is 3.03. The van der Waals surface area contributed by atoms with Crippen LogP contribution in [0.5, 0.6) is 5.75 Å². The van der Waals surface area contributed by atoms with Crippen LogP contribution >= 0.6 is 0 Å². The maximum atomic E-state index is 13.7. The van der Waals surface area contributed by atoms with Gasteiger partial charge in [-0.25, -0.2) is 18.6 Å². The van der Waals surface area contributed by atoms with E-state index in [1.165, 1.54) is 13.1 Å². The van der Waals surface area contributed by atoms with Gasteiger partial charge in [-0.1, -0.05) is 6.07 Å². The Morgan fingerprint density at radius 2 is 1.86 bits per heavy atom. The number of fused-ring (bicyclic) bond motifs is 1. The molecule has 3 heterocycles. The third kappa shape index (κ3) is 5.11. The molecule has 1 aliphatic heterocycles. The third-order valence-electron chi connectivity index (χ3n) is 6.37. The van der Waals surface area contributed by atoms with Gasteiger partial charge in [-0.05, 0) is 54.9 Å². The minimum Gasteiger partial charge on any atom is -0.492 e. The zero-order valence-corrected chi connectivity index (χ0v) is 20.1. The van der Waals surface area contributed by atoms with Crippen molar-refractivity contribution in [3.63, 3.8) is 0 Å². The Labute approximate surface area is 209 Å². The van der Waals surface area contributed by atoms with Crippen molar-refractivity contribution in [2.45, 2.75) is 19.0 Å². The van der Waals surface area contributed by atoms with Crippen molar-refractivity contribution in [2.75, 3.05) is 26.2 Å². The molecular formula is C25H25F2N7O3. The van der Waals surface area contributed by atoms with E-state index in [0.29, 0.717) is 23.5 Å². The number of rotatable bonds is 7. The van der Waals surface area contributed by atoms with Crippen LogP contribution in [0.3, 0.4) is 0 Å². The van der Waals surface area contributed by atoms with Gasteiger partial charge < -0.3 is 10.5 Å². The number of nitrogens with two attached hydrogens (primary N) is 1. The van der Waals surface area contributed by atoms with E-state index in [-0.39, 0.29) is 29.6 Å². The number of likely N-dealkylation sites (tertiary alicyclic amines) is 1. The molecule has 5 rings (SSSR count). The van der Waals surface area contributed by atoms with Crippen molar-refractivity contribution >= 4 is 11.2 Å². The molecule has 1 fully saturated rings. The fraction of sp³-hybridized carbons (Fsp3) is 0.320. The van der Waals surface area contributed by atoms with E-state index in [4.69, 9.17) is 10.5 Å². The fourth-order valence-electron chi connectivity index (χ4n) is 4.31. The Morgan fingerprint density at radius 1 is 1.08 bits per heavy atom. The lowest BCUT2D eigenvalue weighted by molar-refractivity contribution is 0.236. The van der Waals surface area contributed by atoms with E-state index in [2.05, 4.69) is 20.1 Å². The van der Waals surface area contributed by atoms with Crippen LogP contribution in [0.4, 0.5) is 8.78 Å². The Bertz CT molecular complexity index is 1570. The molecule has 1 saturated heterocycles. The van der Waals surface area contributed by atoms with Gasteiger partial charge in [0.25, 0.3) is 5.56 Å². The van der Waals surface area contributed by atoms with Crippen molar-refractivity contribution in [1.29, 1.82) is 0 Å². The second-order valence-electron chi connectivity index (χ2n) is 9.01. The minimum atomic E-state index is -1.04. The molecule has 1 atom stereocenters. The second-order valence-corrected chi connectivity index (χ2v) is 9.01. The van der Waals surface area contributed by atoms with Crippen LogP contribution in [-0.2, 0) is 13.6 Å². The maximum Gasteiger partial charge on any atom is 0.332 e. The van der Waals surface area contributed by atoms with Gasteiger partial charge in [0.2, 0.25) is 0 Å². The first-order valence-corrected chi connectivity index (χ1v) is 11.8. The lowest BCUT2D eigenvalue weighted by atomic mass is 10.2. The molecule has 0 amide bonds. The van der Waals surface area contributed by atoms with E-state index in [1.807, 2.05) is 0 Å². The third-order valence-corrected chi connectivity index (χ3v) is 6.37. The van der Waals surface area contributed by atoms with E-state index < -0.39 is 22.9 Å². The largest absolute Gasteiger partial charge is 0.492 e. The Kier molecular flexibility index (Phi) is 6.76. The van der Waals surface area contributed by atoms with Gasteiger partial charge >= 0.3 is 5.69 Å². The maximum absolute atomic E-state index is 13.7. The van der Waals surface area contributed by atoms with Crippen molar-refractivity contribution < 1.29 is 13.5 Å². The van der Waals surface area contributed by atoms with E-state index in [1.54, 1.807) is 24.3 Å². The Hall–Kier alpha value is -4.03. The number of halogens is 2. The molecular weight excluding hydrogens is 484 g/mol. The molecule has 2 aromatic heterocycles. The molecule has 0 aliphatic carbocycles. The monoisotopic (exact) mass is 509 g/mol. The molecule has 0 radical (unpaired) electrons. The van der Waals surface area contributed by atoms with Crippen LogP contribution in [0.2, 0.25) is 0 Å². The Morgan fingerprint density at radius 3 is 2.57 bits per heavy atom. The standard InChI is InChI=1S/C25H25F2N7O3/c1-32-24(35)21-23(34(25(32)36)13-15-2-7-19(26)20(27)12-15)31-30-22(29-21)16-3-5-18(6-4-16)37-11-10-33-9-8-17(28)14-33/h2-7,12,17H,8-11,13-14,28H2,1H3. The SMILES string of the molecule is Cn1c(=O)c2nc(-c3ccc(OCCN4CCC(N)C4)cc3)nnc2n(Cc2ccc(F)c(F)c2)c1=O. The lowest BCUT2D eigenvalue weighted by Gasteiger charge is -2.15. The van der Waals surface area contributed by atoms with Gasteiger partial charge in [-0.3, -0.25) is 18.8 Å². The number of ether oxygens (including phenoxy) is 1. The summed E-state index contributed by atoms with van der Waals surface area (Å²) in [5.41, 5.74) is 5.41. The molecule has 0 bridgehead atoms. The molecule has 0 spiro atoms. The summed E-state index contributed by atoms with van der Waals surface area (Å²) in [5.74, 6) is -1.17. The number of hydrogen-bond acceptors (Lipinski definition) is 8. The molecule has 2 aromatic carbocycles. The molecule has 37 heavy (non-hydrogen) atoms. The quantitative estimate of drug-likeness (QED) is 0.396. The van der Waals surface area contributed by atoms with E-state index in [9.17, 15) is 18.4 Å². The van der Waals surface area contributed by atoms with Crippen LogP contribution in [0.15, 0.2) is 52.1 Å². The molecule has 1 unspecified atom stereocenters. The first-order valence-electron chi connectivity index (χ1n) is 11.8. The average molecular weight is 510 g/mol. The molecule has 2 N–H and O–H groups in total. The summed E-state index contributed by atoms with van der Waals surface area (Å²) in [6.07, 6.45) is 0.999. The Balaban J connectivity index is 1.39. The summed E-state index contributed by atoms with van der Waals surface area (Å²) in [5, 5.41) is 8.21. The highest BCUT2D eigenvalue weighted by molar-refractivity contribution is 5.71. The zero-order valence-electron chi connectivity index (χ0n) is 20.1. The molecule has 192 valence electrons. The summed E-state index contributed by atoms with van der Waals surface area (Å²) in [7, 11) is 1.32.